The smallest absolute Gasteiger partial charge is 0.257 e. The maximum atomic E-state index is 12.2. The van der Waals surface area contributed by atoms with E-state index in [1.807, 2.05) is 54.3 Å². The first-order chi connectivity index (χ1) is 10.1. The van der Waals surface area contributed by atoms with Crippen molar-refractivity contribution in [2.45, 2.75) is 6.92 Å². The minimum atomic E-state index is -0.207. The maximum absolute atomic E-state index is 12.2. The Bertz CT molecular complexity index is 628. The van der Waals surface area contributed by atoms with Crippen LogP contribution in [0.4, 0.5) is 5.69 Å². The molecule has 108 valence electrons. The Labute approximate surface area is 138 Å². The number of nitrogens with zero attached hydrogens (tertiary/aromatic N) is 1. The Morgan fingerprint density at radius 3 is 2.33 bits per heavy atom. The Balaban J connectivity index is 2.09. The number of amides is 1. The predicted octanol–water partition coefficient (Wildman–Crippen LogP) is 3.99. The van der Waals surface area contributed by atoms with Gasteiger partial charge < -0.3 is 4.90 Å². The number of para-hydroxylation sites is 1. The third kappa shape index (κ3) is 4.12. The highest BCUT2D eigenvalue weighted by Gasteiger charge is 2.13. The molecule has 0 aromatic heterocycles. The van der Waals surface area contributed by atoms with Crippen LogP contribution in [0.3, 0.4) is 0 Å². The van der Waals surface area contributed by atoms with Gasteiger partial charge in [0.15, 0.2) is 5.11 Å². The third-order valence-corrected chi connectivity index (χ3v) is 3.81. The number of benzene rings is 2. The molecular formula is C16H15BrN2OS. The number of hydrogen-bond acceptors (Lipinski definition) is 2. The summed E-state index contributed by atoms with van der Waals surface area (Å²) in [5, 5.41) is 3.17. The van der Waals surface area contributed by atoms with Crippen molar-refractivity contribution in [1.29, 1.82) is 0 Å². The fourth-order valence-corrected chi connectivity index (χ4v) is 2.48. The Hall–Kier alpha value is -1.72. The first kappa shape index (κ1) is 15.7. The first-order valence-corrected chi connectivity index (χ1v) is 7.75. The second-order valence-electron chi connectivity index (χ2n) is 4.35. The number of hydrogen-bond donors (Lipinski definition) is 1. The molecule has 0 fully saturated rings. The summed E-state index contributed by atoms with van der Waals surface area (Å²) in [6, 6.07) is 16.9. The fourth-order valence-electron chi connectivity index (χ4n) is 1.89. The van der Waals surface area contributed by atoms with E-state index in [4.69, 9.17) is 12.2 Å². The van der Waals surface area contributed by atoms with Crippen LogP contribution in [0.1, 0.15) is 17.3 Å². The maximum Gasteiger partial charge on any atom is 0.257 e. The van der Waals surface area contributed by atoms with E-state index in [1.54, 1.807) is 12.1 Å². The van der Waals surface area contributed by atoms with Gasteiger partial charge in [0.2, 0.25) is 0 Å². The molecule has 0 heterocycles. The zero-order chi connectivity index (χ0) is 15.2. The summed E-state index contributed by atoms with van der Waals surface area (Å²) in [4.78, 5) is 14.1. The lowest BCUT2D eigenvalue weighted by Gasteiger charge is -2.23. The van der Waals surface area contributed by atoms with Gasteiger partial charge in [0.05, 0.1) is 0 Å². The number of thiocarbonyl (C=S) groups is 1. The van der Waals surface area contributed by atoms with Gasteiger partial charge >= 0.3 is 0 Å². The van der Waals surface area contributed by atoms with E-state index in [9.17, 15) is 4.79 Å². The molecular weight excluding hydrogens is 348 g/mol. The number of halogens is 1. The van der Waals surface area contributed by atoms with Gasteiger partial charge in [-0.3, -0.25) is 10.1 Å². The van der Waals surface area contributed by atoms with Crippen molar-refractivity contribution in [2.24, 2.45) is 0 Å². The van der Waals surface area contributed by atoms with Gasteiger partial charge in [-0.05, 0) is 55.5 Å². The molecule has 0 bridgehead atoms. The normalized spacial score (nSPS) is 10.0. The van der Waals surface area contributed by atoms with E-state index in [0.29, 0.717) is 17.2 Å². The van der Waals surface area contributed by atoms with Crippen molar-refractivity contribution in [3.8, 4) is 0 Å². The molecule has 2 aromatic rings. The van der Waals surface area contributed by atoms with Crippen LogP contribution >= 0.6 is 28.1 Å². The quantitative estimate of drug-likeness (QED) is 0.837. The van der Waals surface area contributed by atoms with Gasteiger partial charge in [0.25, 0.3) is 5.91 Å². The number of nitrogens with one attached hydrogen (secondary N) is 1. The van der Waals surface area contributed by atoms with E-state index in [2.05, 4.69) is 21.2 Å². The summed E-state index contributed by atoms with van der Waals surface area (Å²) in [6.45, 7) is 2.68. The lowest BCUT2D eigenvalue weighted by atomic mass is 10.2. The second-order valence-corrected chi connectivity index (χ2v) is 5.65. The minimum absolute atomic E-state index is 0.207. The van der Waals surface area contributed by atoms with Crippen LogP contribution in [0.15, 0.2) is 59.1 Å². The van der Waals surface area contributed by atoms with E-state index < -0.39 is 0 Å². The summed E-state index contributed by atoms with van der Waals surface area (Å²) in [5.74, 6) is -0.207. The highest BCUT2D eigenvalue weighted by molar-refractivity contribution is 9.10. The van der Waals surface area contributed by atoms with Crippen LogP contribution in [-0.4, -0.2) is 17.6 Å². The lowest BCUT2D eigenvalue weighted by molar-refractivity contribution is 0.0977. The Kier molecular flexibility index (Phi) is 5.47. The number of rotatable bonds is 3. The van der Waals surface area contributed by atoms with E-state index >= 15 is 0 Å². The molecule has 0 aliphatic rings. The highest BCUT2D eigenvalue weighted by atomic mass is 79.9. The van der Waals surface area contributed by atoms with Gasteiger partial charge in [-0.15, -0.1) is 0 Å². The van der Waals surface area contributed by atoms with Crippen molar-refractivity contribution in [3.05, 3.63) is 64.6 Å². The molecule has 0 atom stereocenters. The number of anilines is 1. The topological polar surface area (TPSA) is 32.3 Å². The summed E-state index contributed by atoms with van der Waals surface area (Å²) in [5.41, 5.74) is 1.53. The van der Waals surface area contributed by atoms with Gasteiger partial charge in [-0.2, -0.15) is 0 Å². The molecule has 0 spiro atoms. The largest absolute Gasteiger partial charge is 0.319 e. The molecule has 0 aliphatic heterocycles. The van der Waals surface area contributed by atoms with Crippen LogP contribution in [-0.2, 0) is 0 Å². The highest BCUT2D eigenvalue weighted by Crippen LogP contribution is 2.14. The molecule has 2 aromatic carbocycles. The SMILES string of the molecule is CCN(C(=S)NC(=O)c1ccc(Br)cc1)c1ccccc1. The van der Waals surface area contributed by atoms with Crippen molar-refractivity contribution >= 4 is 44.9 Å². The van der Waals surface area contributed by atoms with Crippen LogP contribution in [0, 0.1) is 0 Å². The Morgan fingerprint density at radius 1 is 1.14 bits per heavy atom. The second kappa shape index (κ2) is 7.33. The van der Waals surface area contributed by atoms with Crippen LogP contribution in [0.5, 0.6) is 0 Å². The average molecular weight is 363 g/mol. The molecule has 0 saturated carbocycles. The zero-order valence-corrected chi connectivity index (χ0v) is 13.9. The van der Waals surface area contributed by atoms with E-state index in [0.717, 1.165) is 10.2 Å². The molecule has 0 radical (unpaired) electrons. The number of carbonyl (C=O) groups is 1. The van der Waals surface area contributed by atoms with Crippen LogP contribution in [0.25, 0.3) is 0 Å². The lowest BCUT2D eigenvalue weighted by Crippen LogP contribution is -2.42. The summed E-state index contributed by atoms with van der Waals surface area (Å²) >= 11 is 8.69. The monoisotopic (exact) mass is 362 g/mol. The predicted molar refractivity (Wildman–Crippen MR) is 93.7 cm³/mol. The third-order valence-electron chi connectivity index (χ3n) is 2.96. The summed E-state index contributed by atoms with van der Waals surface area (Å²) in [6.07, 6.45) is 0. The Morgan fingerprint density at radius 2 is 1.76 bits per heavy atom. The molecule has 1 amide bonds. The molecule has 5 heteroatoms. The average Bonchev–Trinajstić information content (AvgIpc) is 2.49. The van der Waals surface area contributed by atoms with Gasteiger partial charge in [0, 0.05) is 22.3 Å². The minimum Gasteiger partial charge on any atom is -0.319 e. The van der Waals surface area contributed by atoms with Gasteiger partial charge in [-0.25, -0.2) is 0 Å². The van der Waals surface area contributed by atoms with E-state index in [1.165, 1.54) is 0 Å². The van der Waals surface area contributed by atoms with Gasteiger partial charge in [0.1, 0.15) is 0 Å². The summed E-state index contributed by atoms with van der Waals surface area (Å²) < 4.78 is 0.932. The van der Waals surface area contributed by atoms with Crippen molar-refractivity contribution in [2.75, 3.05) is 11.4 Å². The molecule has 0 saturated heterocycles. The zero-order valence-electron chi connectivity index (χ0n) is 11.5. The first-order valence-electron chi connectivity index (χ1n) is 6.55. The molecule has 0 aliphatic carbocycles. The number of carbonyl (C=O) groups excluding carboxylic acids is 1. The van der Waals surface area contributed by atoms with Crippen LogP contribution in [0.2, 0.25) is 0 Å². The standard InChI is InChI=1S/C16H15BrN2OS/c1-2-19(14-6-4-3-5-7-14)16(21)18-15(20)12-8-10-13(17)11-9-12/h3-11H,2H2,1H3,(H,18,20,21). The molecule has 21 heavy (non-hydrogen) atoms. The fraction of sp³-hybridized carbons (Fsp3) is 0.125. The molecule has 2 rings (SSSR count). The van der Waals surface area contributed by atoms with E-state index in [-0.39, 0.29) is 5.91 Å². The van der Waals surface area contributed by atoms with Crippen molar-refractivity contribution in [1.82, 2.24) is 5.32 Å². The molecule has 3 nitrogen and oxygen atoms in total. The molecule has 0 unspecified atom stereocenters. The molecule has 1 N–H and O–H groups in total. The van der Waals surface area contributed by atoms with Crippen molar-refractivity contribution < 1.29 is 4.79 Å². The van der Waals surface area contributed by atoms with Crippen LogP contribution < -0.4 is 10.2 Å². The summed E-state index contributed by atoms with van der Waals surface area (Å²) in [7, 11) is 0. The van der Waals surface area contributed by atoms with Gasteiger partial charge in [-0.1, -0.05) is 34.1 Å². The van der Waals surface area contributed by atoms with Crippen molar-refractivity contribution in [3.63, 3.8) is 0 Å².